The van der Waals surface area contributed by atoms with E-state index in [1.165, 1.54) is 11.1 Å². The molecule has 4 heteroatoms. The summed E-state index contributed by atoms with van der Waals surface area (Å²) in [6, 6.07) is 25.4. The average molecular weight is 392 g/mol. The van der Waals surface area contributed by atoms with Crippen molar-refractivity contribution in [2.75, 3.05) is 6.54 Å². The van der Waals surface area contributed by atoms with Crippen LogP contribution in [0.25, 0.3) is 0 Å². The molecule has 0 spiro atoms. The zero-order valence-corrected chi connectivity index (χ0v) is 17.1. The largest absolute Gasteiger partial charge is 0.243 e. The van der Waals surface area contributed by atoms with Gasteiger partial charge in [-0.3, -0.25) is 0 Å². The minimum Gasteiger partial charge on any atom is -0.207 e. The highest BCUT2D eigenvalue weighted by Gasteiger charge is 2.42. The third-order valence-electron chi connectivity index (χ3n) is 5.63. The summed E-state index contributed by atoms with van der Waals surface area (Å²) < 4.78 is 28.7. The zero-order valence-electron chi connectivity index (χ0n) is 16.2. The molecule has 3 aromatic rings. The van der Waals surface area contributed by atoms with E-state index in [1.54, 1.807) is 16.4 Å². The average Bonchev–Trinajstić information content (AvgIpc) is 3.15. The van der Waals surface area contributed by atoms with Gasteiger partial charge in [-0.1, -0.05) is 77.9 Å². The lowest BCUT2D eigenvalue weighted by Gasteiger charge is -2.28. The van der Waals surface area contributed by atoms with Crippen LogP contribution in [0.15, 0.2) is 83.8 Å². The van der Waals surface area contributed by atoms with E-state index in [1.807, 2.05) is 49.4 Å². The summed E-state index contributed by atoms with van der Waals surface area (Å²) in [5.74, 6) is 0.142. The van der Waals surface area contributed by atoms with Crippen molar-refractivity contribution in [3.63, 3.8) is 0 Å². The number of hydrogen-bond acceptors (Lipinski definition) is 2. The molecule has 28 heavy (non-hydrogen) atoms. The van der Waals surface area contributed by atoms with Gasteiger partial charge in [0.25, 0.3) is 0 Å². The summed E-state index contributed by atoms with van der Waals surface area (Å²) in [7, 11) is -3.57. The third kappa shape index (κ3) is 3.50. The van der Waals surface area contributed by atoms with Crippen LogP contribution in [-0.4, -0.2) is 19.3 Å². The molecule has 2 unspecified atom stereocenters. The van der Waals surface area contributed by atoms with Crippen molar-refractivity contribution in [3.05, 3.63) is 101 Å². The summed E-state index contributed by atoms with van der Waals surface area (Å²) >= 11 is 0. The molecular formula is C24H25NO2S. The van der Waals surface area contributed by atoms with E-state index in [0.29, 0.717) is 11.4 Å². The predicted octanol–water partition coefficient (Wildman–Crippen LogP) is 5.22. The normalized spacial score (nSPS) is 20.4. The van der Waals surface area contributed by atoms with Crippen LogP contribution in [0.4, 0.5) is 0 Å². The first kappa shape index (κ1) is 18.9. The Morgan fingerprint density at radius 2 is 1.32 bits per heavy atom. The van der Waals surface area contributed by atoms with E-state index >= 15 is 0 Å². The Labute approximate surface area is 167 Å². The van der Waals surface area contributed by atoms with Crippen molar-refractivity contribution in [1.82, 2.24) is 4.31 Å². The van der Waals surface area contributed by atoms with Crippen molar-refractivity contribution >= 4 is 10.0 Å². The van der Waals surface area contributed by atoms with Crippen molar-refractivity contribution in [2.45, 2.75) is 37.1 Å². The zero-order chi connectivity index (χ0) is 19.7. The number of rotatable bonds is 4. The molecule has 1 aliphatic heterocycles. The SMILES string of the molecule is Cc1ccc(C2CCN(S(=O)(=O)c3ccc(C)cc3)C2c2ccccc2)cc1. The molecule has 3 aromatic carbocycles. The standard InChI is InChI=1S/C24H25NO2S/c1-18-8-12-20(13-9-18)23-16-17-25(24(23)21-6-4-3-5-7-21)28(26,27)22-14-10-19(2)11-15-22/h3-15,23-24H,16-17H2,1-2H3. The maximum atomic E-state index is 13.5. The van der Waals surface area contributed by atoms with Crippen LogP contribution in [0.1, 0.15) is 40.6 Å². The van der Waals surface area contributed by atoms with Crippen LogP contribution in [0.3, 0.4) is 0 Å². The molecule has 144 valence electrons. The molecule has 0 bridgehead atoms. The lowest BCUT2D eigenvalue weighted by molar-refractivity contribution is 0.380. The van der Waals surface area contributed by atoms with Crippen LogP contribution >= 0.6 is 0 Å². The van der Waals surface area contributed by atoms with Gasteiger partial charge in [0.1, 0.15) is 0 Å². The Morgan fingerprint density at radius 1 is 0.750 bits per heavy atom. The van der Waals surface area contributed by atoms with Gasteiger partial charge >= 0.3 is 0 Å². The quantitative estimate of drug-likeness (QED) is 0.611. The molecule has 2 atom stereocenters. The van der Waals surface area contributed by atoms with Crippen LogP contribution < -0.4 is 0 Å². The molecule has 0 radical (unpaired) electrons. The summed E-state index contributed by atoms with van der Waals surface area (Å²) in [6.45, 7) is 4.56. The summed E-state index contributed by atoms with van der Waals surface area (Å²) in [6.07, 6.45) is 0.813. The van der Waals surface area contributed by atoms with Crippen LogP contribution in [-0.2, 0) is 10.0 Å². The number of benzene rings is 3. The number of nitrogens with zero attached hydrogens (tertiary/aromatic N) is 1. The van der Waals surface area contributed by atoms with Crippen molar-refractivity contribution in [3.8, 4) is 0 Å². The minimum absolute atomic E-state index is 0.142. The van der Waals surface area contributed by atoms with Crippen molar-refractivity contribution in [1.29, 1.82) is 0 Å². The molecule has 0 aromatic heterocycles. The fraction of sp³-hybridized carbons (Fsp3) is 0.250. The maximum Gasteiger partial charge on any atom is 0.243 e. The first-order valence-electron chi connectivity index (χ1n) is 9.67. The van der Waals surface area contributed by atoms with Gasteiger partial charge in [-0.05, 0) is 43.5 Å². The van der Waals surface area contributed by atoms with Crippen molar-refractivity contribution in [2.24, 2.45) is 0 Å². The number of sulfonamides is 1. The minimum atomic E-state index is -3.57. The molecule has 1 saturated heterocycles. The third-order valence-corrected chi connectivity index (χ3v) is 7.52. The highest BCUT2D eigenvalue weighted by Crippen LogP contribution is 2.46. The fourth-order valence-electron chi connectivity index (χ4n) is 4.09. The molecular weight excluding hydrogens is 366 g/mol. The monoisotopic (exact) mass is 391 g/mol. The van der Waals surface area contributed by atoms with Gasteiger partial charge in [0.05, 0.1) is 10.9 Å². The Balaban J connectivity index is 1.78. The molecule has 0 aliphatic carbocycles. The predicted molar refractivity (Wildman–Crippen MR) is 113 cm³/mol. The van der Waals surface area contributed by atoms with Gasteiger partial charge in [-0.2, -0.15) is 4.31 Å². The first-order valence-corrected chi connectivity index (χ1v) is 11.1. The Morgan fingerprint density at radius 3 is 1.93 bits per heavy atom. The van der Waals surface area contributed by atoms with Gasteiger partial charge < -0.3 is 0 Å². The topological polar surface area (TPSA) is 37.4 Å². The van der Waals surface area contributed by atoms with E-state index in [-0.39, 0.29) is 12.0 Å². The van der Waals surface area contributed by atoms with Crippen LogP contribution in [0, 0.1) is 13.8 Å². The summed E-state index contributed by atoms with van der Waals surface area (Å²) in [5.41, 5.74) is 4.50. The molecule has 0 saturated carbocycles. The molecule has 0 amide bonds. The van der Waals surface area contributed by atoms with E-state index in [4.69, 9.17) is 0 Å². The highest BCUT2D eigenvalue weighted by molar-refractivity contribution is 7.89. The van der Waals surface area contributed by atoms with Gasteiger partial charge in [0.15, 0.2) is 0 Å². The number of hydrogen-bond donors (Lipinski definition) is 0. The molecule has 3 nitrogen and oxygen atoms in total. The maximum absolute atomic E-state index is 13.5. The smallest absolute Gasteiger partial charge is 0.207 e. The molecule has 0 N–H and O–H groups in total. The second kappa shape index (κ2) is 7.53. The second-order valence-corrected chi connectivity index (χ2v) is 9.48. The lowest BCUT2D eigenvalue weighted by Crippen LogP contribution is -2.32. The Kier molecular flexibility index (Phi) is 5.09. The van der Waals surface area contributed by atoms with Crippen molar-refractivity contribution < 1.29 is 8.42 Å². The second-order valence-electron chi connectivity index (χ2n) is 7.59. The van der Waals surface area contributed by atoms with Gasteiger partial charge in [-0.15, -0.1) is 0 Å². The molecule has 1 heterocycles. The van der Waals surface area contributed by atoms with Gasteiger partial charge in [-0.25, -0.2) is 8.42 Å². The highest BCUT2D eigenvalue weighted by atomic mass is 32.2. The Hall–Kier alpha value is -2.43. The van der Waals surface area contributed by atoms with E-state index in [2.05, 4.69) is 31.2 Å². The molecule has 4 rings (SSSR count). The Bertz CT molecular complexity index is 1040. The van der Waals surface area contributed by atoms with Crippen LogP contribution in [0.5, 0.6) is 0 Å². The van der Waals surface area contributed by atoms with E-state index < -0.39 is 10.0 Å². The van der Waals surface area contributed by atoms with E-state index in [9.17, 15) is 8.42 Å². The van der Waals surface area contributed by atoms with Gasteiger partial charge in [0, 0.05) is 12.5 Å². The van der Waals surface area contributed by atoms with Gasteiger partial charge in [0.2, 0.25) is 10.0 Å². The fourth-order valence-corrected chi connectivity index (χ4v) is 5.75. The van der Waals surface area contributed by atoms with Crippen LogP contribution in [0.2, 0.25) is 0 Å². The lowest BCUT2D eigenvalue weighted by atomic mass is 9.87. The summed E-state index contributed by atoms with van der Waals surface area (Å²) in [4.78, 5) is 0.364. The summed E-state index contributed by atoms with van der Waals surface area (Å²) in [5, 5.41) is 0. The molecule has 1 fully saturated rings. The number of aryl methyl sites for hydroxylation is 2. The van der Waals surface area contributed by atoms with E-state index in [0.717, 1.165) is 17.5 Å². The first-order chi connectivity index (χ1) is 13.5. The molecule has 1 aliphatic rings.